The molecule has 1 saturated heterocycles. The van der Waals surface area contributed by atoms with E-state index in [2.05, 4.69) is 0 Å². The van der Waals surface area contributed by atoms with Crippen molar-refractivity contribution in [3.63, 3.8) is 0 Å². The molecule has 0 N–H and O–H groups in total. The first-order valence-corrected chi connectivity index (χ1v) is 7.89. The Labute approximate surface area is 134 Å². The number of ether oxygens (including phenoxy) is 2. The number of unbranched alkanes of at least 4 members (excludes halogenated alkanes) is 1. The van der Waals surface area contributed by atoms with Crippen molar-refractivity contribution in [2.45, 2.75) is 19.8 Å². The van der Waals surface area contributed by atoms with Crippen LogP contribution in [-0.2, 0) is 4.79 Å². The van der Waals surface area contributed by atoms with Gasteiger partial charge in [-0.1, -0.05) is 13.3 Å². The minimum atomic E-state index is -0.242. The summed E-state index contributed by atoms with van der Waals surface area (Å²) in [6, 6.07) is 5.33. The summed E-state index contributed by atoms with van der Waals surface area (Å²) in [5.74, 6) is 1.05. The highest BCUT2D eigenvalue weighted by Gasteiger charge is 2.34. The molecule has 1 aromatic carbocycles. The quantitative estimate of drug-likeness (QED) is 0.750. The Morgan fingerprint density at radius 2 is 2.00 bits per heavy atom. The predicted molar refractivity (Wildman–Crippen MR) is 87.1 cm³/mol. The highest BCUT2D eigenvalue weighted by atomic mass is 32.2. The van der Waals surface area contributed by atoms with Crippen molar-refractivity contribution in [2.24, 2.45) is 0 Å². The van der Waals surface area contributed by atoms with Gasteiger partial charge < -0.3 is 9.47 Å². The van der Waals surface area contributed by atoms with Crippen LogP contribution in [0.15, 0.2) is 23.1 Å². The number of rotatable bonds is 6. The molecule has 0 saturated carbocycles. The van der Waals surface area contributed by atoms with Gasteiger partial charge in [0, 0.05) is 12.1 Å². The minimum absolute atomic E-state index is 0.216. The van der Waals surface area contributed by atoms with Crippen LogP contribution in [0.1, 0.15) is 25.3 Å². The maximum atomic E-state index is 12.3. The molecule has 1 heterocycles. The number of benzene rings is 1. The molecule has 5 nitrogen and oxygen atoms in total. The number of imide groups is 1. The molecule has 2 rings (SSSR count). The second kappa shape index (κ2) is 7.35. The lowest BCUT2D eigenvalue weighted by Gasteiger charge is -2.11. The van der Waals surface area contributed by atoms with E-state index in [4.69, 9.17) is 9.47 Å². The molecule has 0 unspecified atom stereocenters. The van der Waals surface area contributed by atoms with Crippen molar-refractivity contribution in [3.8, 4) is 11.5 Å². The largest absolute Gasteiger partial charge is 0.497 e. The van der Waals surface area contributed by atoms with Crippen LogP contribution < -0.4 is 9.47 Å². The summed E-state index contributed by atoms with van der Waals surface area (Å²) in [4.78, 5) is 26.0. The molecule has 6 heteroatoms. The number of hydrogen-bond acceptors (Lipinski definition) is 5. The number of carbonyl (C=O) groups is 2. The van der Waals surface area contributed by atoms with Gasteiger partial charge in [0.2, 0.25) is 0 Å². The molecule has 0 spiro atoms. The molecule has 1 aromatic rings. The van der Waals surface area contributed by atoms with Crippen LogP contribution in [0.25, 0.3) is 6.08 Å². The van der Waals surface area contributed by atoms with E-state index in [1.807, 2.05) is 6.92 Å². The Morgan fingerprint density at radius 3 is 2.64 bits per heavy atom. The molecule has 0 radical (unpaired) electrons. The van der Waals surface area contributed by atoms with E-state index in [0.29, 0.717) is 28.5 Å². The number of carbonyl (C=O) groups excluding carboxylic acids is 2. The summed E-state index contributed by atoms with van der Waals surface area (Å²) in [7, 11) is 3.14. The average molecular weight is 321 g/mol. The van der Waals surface area contributed by atoms with E-state index in [9.17, 15) is 9.59 Å². The van der Waals surface area contributed by atoms with Gasteiger partial charge >= 0.3 is 0 Å². The van der Waals surface area contributed by atoms with Crippen molar-refractivity contribution in [2.75, 3.05) is 20.8 Å². The first-order valence-electron chi connectivity index (χ1n) is 7.08. The van der Waals surface area contributed by atoms with Crippen LogP contribution in [0.5, 0.6) is 11.5 Å². The van der Waals surface area contributed by atoms with Gasteiger partial charge in [0.1, 0.15) is 11.5 Å². The van der Waals surface area contributed by atoms with E-state index in [0.717, 1.165) is 24.6 Å². The Kier molecular flexibility index (Phi) is 5.49. The smallest absolute Gasteiger partial charge is 0.293 e. The monoisotopic (exact) mass is 321 g/mol. The number of nitrogens with zero attached hydrogens (tertiary/aromatic N) is 1. The van der Waals surface area contributed by atoms with Crippen LogP contribution in [0.2, 0.25) is 0 Å². The summed E-state index contributed by atoms with van der Waals surface area (Å²) in [5.41, 5.74) is 0.711. The van der Waals surface area contributed by atoms with Crippen LogP contribution in [0.4, 0.5) is 4.79 Å². The number of thioether (sulfide) groups is 1. The predicted octanol–water partition coefficient (Wildman–Crippen LogP) is 3.54. The van der Waals surface area contributed by atoms with Gasteiger partial charge in [-0.3, -0.25) is 14.5 Å². The Bertz CT molecular complexity index is 612. The van der Waals surface area contributed by atoms with Crippen LogP contribution in [0, 0.1) is 0 Å². The van der Waals surface area contributed by atoms with Crippen LogP contribution in [-0.4, -0.2) is 36.8 Å². The Hall–Kier alpha value is -1.95. The number of methoxy groups -OCH3 is 2. The van der Waals surface area contributed by atoms with E-state index in [-0.39, 0.29) is 11.1 Å². The van der Waals surface area contributed by atoms with Gasteiger partial charge in [-0.05, 0) is 42.5 Å². The van der Waals surface area contributed by atoms with Crippen LogP contribution >= 0.6 is 11.8 Å². The molecule has 118 valence electrons. The normalized spacial score (nSPS) is 16.5. The van der Waals surface area contributed by atoms with Crippen LogP contribution in [0.3, 0.4) is 0 Å². The molecule has 0 aromatic heterocycles. The SMILES string of the molecule is CCCCN1C(=O)S/C(=C\c2cc(OC)ccc2OC)C1=O. The third kappa shape index (κ3) is 3.44. The number of hydrogen-bond donors (Lipinski definition) is 0. The van der Waals surface area contributed by atoms with Gasteiger partial charge in [-0.2, -0.15) is 0 Å². The molecular weight excluding hydrogens is 302 g/mol. The van der Waals surface area contributed by atoms with Crippen molar-refractivity contribution < 1.29 is 19.1 Å². The molecule has 1 aliphatic rings. The second-order valence-corrected chi connectivity index (χ2v) is 5.79. The van der Waals surface area contributed by atoms with Crippen molar-refractivity contribution >= 4 is 29.0 Å². The van der Waals surface area contributed by atoms with Crippen molar-refractivity contribution in [1.82, 2.24) is 4.90 Å². The molecule has 22 heavy (non-hydrogen) atoms. The lowest BCUT2D eigenvalue weighted by atomic mass is 10.1. The van der Waals surface area contributed by atoms with E-state index >= 15 is 0 Å². The second-order valence-electron chi connectivity index (χ2n) is 4.79. The minimum Gasteiger partial charge on any atom is -0.497 e. The first kappa shape index (κ1) is 16.4. The maximum absolute atomic E-state index is 12.3. The summed E-state index contributed by atoms with van der Waals surface area (Å²) in [5, 5.41) is -0.216. The summed E-state index contributed by atoms with van der Waals surface area (Å²) in [6.07, 6.45) is 3.43. The van der Waals surface area contributed by atoms with E-state index < -0.39 is 0 Å². The fourth-order valence-electron chi connectivity index (χ4n) is 2.10. The van der Waals surface area contributed by atoms with Gasteiger partial charge in [-0.15, -0.1) is 0 Å². The lowest BCUT2D eigenvalue weighted by Crippen LogP contribution is -2.29. The molecular formula is C16H19NO4S. The lowest BCUT2D eigenvalue weighted by molar-refractivity contribution is -0.122. The van der Waals surface area contributed by atoms with E-state index in [1.54, 1.807) is 38.5 Å². The van der Waals surface area contributed by atoms with Gasteiger partial charge in [0.25, 0.3) is 11.1 Å². The fraction of sp³-hybridized carbons (Fsp3) is 0.375. The zero-order valence-corrected chi connectivity index (χ0v) is 13.7. The van der Waals surface area contributed by atoms with Gasteiger partial charge in [0.05, 0.1) is 19.1 Å². The Balaban J connectivity index is 2.30. The Morgan fingerprint density at radius 1 is 1.23 bits per heavy atom. The van der Waals surface area contributed by atoms with E-state index in [1.165, 1.54) is 4.90 Å². The fourth-order valence-corrected chi connectivity index (χ4v) is 2.96. The third-order valence-corrected chi connectivity index (χ3v) is 4.24. The molecule has 1 aliphatic heterocycles. The zero-order chi connectivity index (χ0) is 16.1. The third-order valence-electron chi connectivity index (χ3n) is 3.33. The molecule has 0 aliphatic carbocycles. The topological polar surface area (TPSA) is 55.8 Å². The maximum Gasteiger partial charge on any atom is 0.293 e. The summed E-state index contributed by atoms with van der Waals surface area (Å²) in [6.45, 7) is 2.49. The van der Waals surface area contributed by atoms with Gasteiger partial charge in [0.15, 0.2) is 0 Å². The first-order chi connectivity index (χ1) is 10.6. The van der Waals surface area contributed by atoms with Crippen molar-refractivity contribution in [1.29, 1.82) is 0 Å². The van der Waals surface area contributed by atoms with Gasteiger partial charge in [-0.25, -0.2) is 0 Å². The summed E-state index contributed by atoms with van der Waals surface area (Å²) < 4.78 is 10.5. The standard InChI is InChI=1S/C16H19NO4S/c1-4-5-8-17-15(18)14(22-16(17)19)10-11-9-12(20-2)6-7-13(11)21-3/h6-7,9-10H,4-5,8H2,1-3H3/b14-10-. The zero-order valence-electron chi connectivity index (χ0n) is 12.9. The molecule has 0 bridgehead atoms. The highest BCUT2D eigenvalue weighted by Crippen LogP contribution is 2.35. The number of amides is 2. The van der Waals surface area contributed by atoms with Crippen molar-refractivity contribution in [3.05, 3.63) is 28.7 Å². The molecule has 2 amide bonds. The highest BCUT2D eigenvalue weighted by molar-refractivity contribution is 8.18. The molecule has 0 atom stereocenters. The molecule has 1 fully saturated rings. The average Bonchev–Trinajstić information content (AvgIpc) is 2.79. The summed E-state index contributed by atoms with van der Waals surface area (Å²) >= 11 is 0.962.